The van der Waals surface area contributed by atoms with Crippen molar-refractivity contribution >= 4 is 0 Å². The Kier molecular flexibility index (Phi) is 5.43. The number of benzene rings is 1. The fourth-order valence-corrected chi connectivity index (χ4v) is 2.15. The van der Waals surface area contributed by atoms with Crippen molar-refractivity contribution in [2.24, 2.45) is 0 Å². The summed E-state index contributed by atoms with van der Waals surface area (Å²) in [6, 6.07) is 4.47. The van der Waals surface area contributed by atoms with Crippen molar-refractivity contribution in [1.29, 1.82) is 0 Å². The Morgan fingerprint density at radius 2 is 1.71 bits per heavy atom. The van der Waals surface area contributed by atoms with Crippen molar-refractivity contribution in [3.05, 3.63) is 46.5 Å². The van der Waals surface area contributed by atoms with E-state index in [0.717, 1.165) is 19.3 Å². The Morgan fingerprint density at radius 1 is 1.12 bits per heavy atom. The van der Waals surface area contributed by atoms with Crippen LogP contribution in [-0.4, -0.2) is 11.2 Å². The molecule has 1 unspecified atom stereocenters. The smallest absolute Gasteiger partial charge is 0.0572 e. The van der Waals surface area contributed by atoms with Gasteiger partial charge in [-0.15, -0.1) is 0 Å². The van der Waals surface area contributed by atoms with Crippen LogP contribution in [0.5, 0.6) is 0 Å². The summed E-state index contributed by atoms with van der Waals surface area (Å²) in [5.41, 5.74) is 5.47. The monoisotopic (exact) mass is 232 g/mol. The summed E-state index contributed by atoms with van der Waals surface area (Å²) < 4.78 is 0. The predicted molar refractivity (Wildman–Crippen MR) is 74.4 cm³/mol. The van der Waals surface area contributed by atoms with Crippen molar-refractivity contribution in [2.45, 2.75) is 53.1 Å². The van der Waals surface area contributed by atoms with Gasteiger partial charge < -0.3 is 5.11 Å². The first kappa shape index (κ1) is 14.0. The lowest BCUT2D eigenvalue weighted by atomic mass is 9.97. The summed E-state index contributed by atoms with van der Waals surface area (Å²) in [5.74, 6) is 0. The highest BCUT2D eigenvalue weighted by Gasteiger charge is 2.02. The van der Waals surface area contributed by atoms with E-state index in [1.165, 1.54) is 22.3 Å². The molecule has 94 valence electrons. The van der Waals surface area contributed by atoms with Gasteiger partial charge >= 0.3 is 0 Å². The van der Waals surface area contributed by atoms with Crippen molar-refractivity contribution in [3.8, 4) is 0 Å². The molecule has 1 N–H and O–H groups in total. The third-order valence-electron chi connectivity index (χ3n) is 3.21. The van der Waals surface area contributed by atoms with Crippen LogP contribution in [0.2, 0.25) is 0 Å². The van der Waals surface area contributed by atoms with Gasteiger partial charge in [-0.1, -0.05) is 36.8 Å². The molecule has 1 rings (SSSR count). The van der Waals surface area contributed by atoms with Crippen molar-refractivity contribution < 1.29 is 5.11 Å². The number of aliphatic hydroxyl groups excluding tert-OH is 1. The first-order valence-electron chi connectivity index (χ1n) is 6.44. The SMILES string of the molecule is CCC(O)C/C=C/Cc1c(C)cc(C)cc1C. The number of hydrogen-bond donors (Lipinski definition) is 1. The molecule has 1 heteroatoms. The van der Waals surface area contributed by atoms with Gasteiger partial charge in [-0.05, 0) is 56.7 Å². The summed E-state index contributed by atoms with van der Waals surface area (Å²) in [6.45, 7) is 8.48. The van der Waals surface area contributed by atoms with Gasteiger partial charge in [0.2, 0.25) is 0 Å². The van der Waals surface area contributed by atoms with Crippen LogP contribution in [0.1, 0.15) is 42.0 Å². The minimum atomic E-state index is -0.188. The molecule has 0 spiro atoms. The first-order valence-corrected chi connectivity index (χ1v) is 6.44. The zero-order valence-electron chi connectivity index (χ0n) is 11.5. The van der Waals surface area contributed by atoms with E-state index < -0.39 is 0 Å². The van der Waals surface area contributed by atoms with Crippen LogP contribution < -0.4 is 0 Å². The summed E-state index contributed by atoms with van der Waals surface area (Å²) in [4.78, 5) is 0. The van der Waals surface area contributed by atoms with Gasteiger partial charge in [0.25, 0.3) is 0 Å². The molecule has 0 aromatic heterocycles. The van der Waals surface area contributed by atoms with Crippen LogP contribution in [-0.2, 0) is 6.42 Å². The van der Waals surface area contributed by atoms with E-state index in [0.29, 0.717) is 0 Å². The highest BCUT2D eigenvalue weighted by atomic mass is 16.3. The fourth-order valence-electron chi connectivity index (χ4n) is 2.15. The lowest BCUT2D eigenvalue weighted by Gasteiger charge is -2.09. The number of allylic oxidation sites excluding steroid dienone is 1. The highest BCUT2D eigenvalue weighted by molar-refractivity contribution is 5.38. The van der Waals surface area contributed by atoms with Gasteiger partial charge in [0.15, 0.2) is 0 Å². The highest BCUT2D eigenvalue weighted by Crippen LogP contribution is 2.17. The molecule has 0 aliphatic rings. The Balaban J connectivity index is 2.63. The van der Waals surface area contributed by atoms with Crippen LogP contribution in [0.3, 0.4) is 0 Å². The molecule has 1 aromatic rings. The van der Waals surface area contributed by atoms with Gasteiger partial charge in [-0.25, -0.2) is 0 Å². The number of aryl methyl sites for hydroxylation is 3. The Bertz CT molecular complexity index is 368. The van der Waals surface area contributed by atoms with E-state index in [4.69, 9.17) is 0 Å². The Hall–Kier alpha value is -1.08. The molecule has 0 aliphatic heterocycles. The van der Waals surface area contributed by atoms with Gasteiger partial charge in [0.1, 0.15) is 0 Å². The average Bonchev–Trinajstić information content (AvgIpc) is 2.26. The summed E-state index contributed by atoms with van der Waals surface area (Å²) >= 11 is 0. The Labute approximate surface area is 105 Å². The molecule has 17 heavy (non-hydrogen) atoms. The second kappa shape index (κ2) is 6.61. The standard InChI is InChI=1S/C16H24O/c1-5-15(17)8-6-7-9-16-13(3)10-12(2)11-14(16)4/h6-7,10-11,15,17H,5,8-9H2,1-4H3/b7-6+. The second-order valence-corrected chi connectivity index (χ2v) is 4.85. The van der Waals surface area contributed by atoms with Crippen LogP contribution >= 0.6 is 0 Å². The molecule has 1 aromatic carbocycles. The third kappa shape index (κ3) is 4.35. The van der Waals surface area contributed by atoms with Crippen LogP contribution in [0.15, 0.2) is 24.3 Å². The predicted octanol–water partition coefficient (Wildman–Crippen LogP) is 3.87. The quantitative estimate of drug-likeness (QED) is 0.764. The molecule has 0 saturated carbocycles. The van der Waals surface area contributed by atoms with Crippen molar-refractivity contribution in [2.75, 3.05) is 0 Å². The zero-order valence-corrected chi connectivity index (χ0v) is 11.5. The summed E-state index contributed by atoms with van der Waals surface area (Å²) in [6.07, 6.45) is 6.63. The van der Waals surface area contributed by atoms with E-state index in [2.05, 4.69) is 45.1 Å². The molecule has 1 nitrogen and oxygen atoms in total. The molecular formula is C16H24O. The molecule has 0 bridgehead atoms. The van der Waals surface area contributed by atoms with E-state index in [9.17, 15) is 5.11 Å². The average molecular weight is 232 g/mol. The molecular weight excluding hydrogens is 208 g/mol. The summed E-state index contributed by atoms with van der Waals surface area (Å²) in [7, 11) is 0. The van der Waals surface area contributed by atoms with Gasteiger partial charge in [-0.2, -0.15) is 0 Å². The normalized spacial score (nSPS) is 13.2. The Morgan fingerprint density at radius 3 is 2.24 bits per heavy atom. The van der Waals surface area contributed by atoms with Crippen molar-refractivity contribution in [3.63, 3.8) is 0 Å². The maximum absolute atomic E-state index is 9.45. The molecule has 0 radical (unpaired) electrons. The van der Waals surface area contributed by atoms with Crippen LogP contribution in [0.25, 0.3) is 0 Å². The topological polar surface area (TPSA) is 20.2 Å². The molecule has 0 fully saturated rings. The molecule has 0 heterocycles. The van der Waals surface area contributed by atoms with E-state index >= 15 is 0 Å². The first-order chi connectivity index (χ1) is 8.04. The molecule has 1 atom stereocenters. The number of aliphatic hydroxyl groups is 1. The second-order valence-electron chi connectivity index (χ2n) is 4.85. The number of hydrogen-bond acceptors (Lipinski definition) is 1. The maximum atomic E-state index is 9.45. The number of rotatable bonds is 5. The van der Waals surface area contributed by atoms with Gasteiger partial charge in [-0.3, -0.25) is 0 Å². The van der Waals surface area contributed by atoms with Crippen molar-refractivity contribution in [1.82, 2.24) is 0 Å². The minimum absolute atomic E-state index is 0.188. The lowest BCUT2D eigenvalue weighted by Crippen LogP contribution is -2.01. The summed E-state index contributed by atoms with van der Waals surface area (Å²) in [5, 5.41) is 9.45. The zero-order chi connectivity index (χ0) is 12.8. The van der Waals surface area contributed by atoms with Crippen LogP contribution in [0, 0.1) is 20.8 Å². The minimum Gasteiger partial charge on any atom is -0.393 e. The molecule has 0 saturated heterocycles. The lowest BCUT2D eigenvalue weighted by molar-refractivity contribution is 0.173. The largest absolute Gasteiger partial charge is 0.393 e. The van der Waals surface area contributed by atoms with Gasteiger partial charge in [0.05, 0.1) is 6.10 Å². The van der Waals surface area contributed by atoms with E-state index in [1.807, 2.05) is 6.92 Å². The van der Waals surface area contributed by atoms with Gasteiger partial charge in [0, 0.05) is 0 Å². The third-order valence-corrected chi connectivity index (χ3v) is 3.21. The fraction of sp³-hybridized carbons (Fsp3) is 0.500. The molecule has 0 amide bonds. The van der Waals surface area contributed by atoms with E-state index in [-0.39, 0.29) is 6.10 Å². The van der Waals surface area contributed by atoms with Crippen LogP contribution in [0.4, 0.5) is 0 Å². The van der Waals surface area contributed by atoms with E-state index in [1.54, 1.807) is 0 Å². The molecule has 0 aliphatic carbocycles. The maximum Gasteiger partial charge on any atom is 0.0572 e.